The Morgan fingerprint density at radius 3 is 2.94 bits per heavy atom. The van der Waals surface area contributed by atoms with Crippen LogP contribution in [0.25, 0.3) is 0 Å². The van der Waals surface area contributed by atoms with Gasteiger partial charge >= 0.3 is 0 Å². The standard InChI is InChI=1S/C13H26N2O3/c1-11(2)10-18-12-4-6-15(9-12)13(16)8-14-5-7-17-3/h11-12,14H,4-10H2,1-3H3. The third-order valence-corrected chi connectivity index (χ3v) is 2.92. The number of hydrogen-bond donors (Lipinski definition) is 1. The van der Waals surface area contributed by atoms with Gasteiger partial charge in [-0.1, -0.05) is 13.8 Å². The molecule has 0 bridgehead atoms. The summed E-state index contributed by atoms with van der Waals surface area (Å²) in [5.41, 5.74) is 0. The van der Waals surface area contributed by atoms with E-state index in [-0.39, 0.29) is 12.0 Å². The normalized spacial score (nSPS) is 19.8. The van der Waals surface area contributed by atoms with Crippen molar-refractivity contribution < 1.29 is 14.3 Å². The molecule has 1 aliphatic heterocycles. The van der Waals surface area contributed by atoms with Crippen molar-refractivity contribution in [1.82, 2.24) is 10.2 Å². The van der Waals surface area contributed by atoms with Crippen molar-refractivity contribution in [2.24, 2.45) is 5.92 Å². The Hall–Kier alpha value is -0.650. The molecule has 1 saturated heterocycles. The summed E-state index contributed by atoms with van der Waals surface area (Å²) in [5, 5.41) is 3.07. The first-order valence-electron chi connectivity index (χ1n) is 6.72. The van der Waals surface area contributed by atoms with Gasteiger partial charge in [0.25, 0.3) is 0 Å². The summed E-state index contributed by atoms with van der Waals surface area (Å²) in [6, 6.07) is 0. The number of rotatable bonds is 8. The summed E-state index contributed by atoms with van der Waals surface area (Å²) in [7, 11) is 1.65. The van der Waals surface area contributed by atoms with Crippen molar-refractivity contribution in [2.75, 3.05) is 46.5 Å². The average Bonchev–Trinajstić information content (AvgIpc) is 2.80. The van der Waals surface area contributed by atoms with Crippen molar-refractivity contribution >= 4 is 5.91 Å². The highest BCUT2D eigenvalue weighted by Gasteiger charge is 2.26. The summed E-state index contributed by atoms with van der Waals surface area (Å²) >= 11 is 0. The van der Waals surface area contributed by atoms with Gasteiger partial charge in [0, 0.05) is 33.4 Å². The maximum atomic E-state index is 11.9. The first kappa shape index (κ1) is 15.4. The number of nitrogens with zero attached hydrogens (tertiary/aromatic N) is 1. The number of hydrogen-bond acceptors (Lipinski definition) is 4. The second-order valence-electron chi connectivity index (χ2n) is 5.15. The minimum absolute atomic E-state index is 0.154. The molecule has 1 N–H and O–H groups in total. The van der Waals surface area contributed by atoms with Crippen LogP contribution in [0, 0.1) is 5.92 Å². The highest BCUT2D eigenvalue weighted by atomic mass is 16.5. The van der Waals surface area contributed by atoms with Crippen LogP contribution in [-0.4, -0.2) is 63.4 Å². The summed E-state index contributed by atoms with van der Waals surface area (Å²) in [6.07, 6.45) is 1.17. The summed E-state index contributed by atoms with van der Waals surface area (Å²) in [4.78, 5) is 13.7. The van der Waals surface area contributed by atoms with E-state index in [4.69, 9.17) is 9.47 Å². The van der Waals surface area contributed by atoms with E-state index in [9.17, 15) is 4.79 Å². The minimum atomic E-state index is 0.154. The van der Waals surface area contributed by atoms with Gasteiger partial charge in [-0.3, -0.25) is 4.79 Å². The SMILES string of the molecule is COCCNCC(=O)N1CCC(OCC(C)C)C1. The topological polar surface area (TPSA) is 50.8 Å². The van der Waals surface area contributed by atoms with Gasteiger partial charge in [-0.25, -0.2) is 0 Å². The lowest BCUT2D eigenvalue weighted by Crippen LogP contribution is -2.38. The van der Waals surface area contributed by atoms with Crippen LogP contribution in [0.15, 0.2) is 0 Å². The molecule has 106 valence electrons. The Kier molecular flexibility index (Phi) is 7.23. The van der Waals surface area contributed by atoms with Crippen LogP contribution < -0.4 is 5.32 Å². The van der Waals surface area contributed by atoms with Crippen molar-refractivity contribution in [3.63, 3.8) is 0 Å². The van der Waals surface area contributed by atoms with E-state index >= 15 is 0 Å². The molecule has 1 unspecified atom stereocenters. The Bertz CT molecular complexity index is 246. The van der Waals surface area contributed by atoms with E-state index in [2.05, 4.69) is 19.2 Å². The van der Waals surface area contributed by atoms with E-state index in [1.165, 1.54) is 0 Å². The fourth-order valence-corrected chi connectivity index (χ4v) is 1.90. The summed E-state index contributed by atoms with van der Waals surface area (Å²) < 4.78 is 10.7. The first-order valence-corrected chi connectivity index (χ1v) is 6.72. The third kappa shape index (κ3) is 5.80. The minimum Gasteiger partial charge on any atom is -0.383 e. The number of amides is 1. The Morgan fingerprint density at radius 2 is 2.28 bits per heavy atom. The zero-order valence-corrected chi connectivity index (χ0v) is 11.8. The summed E-state index contributed by atoms with van der Waals surface area (Å²) in [6.45, 7) is 8.33. The van der Waals surface area contributed by atoms with Gasteiger partial charge in [0.2, 0.25) is 5.91 Å². The number of carbonyl (C=O) groups is 1. The molecular weight excluding hydrogens is 232 g/mol. The smallest absolute Gasteiger partial charge is 0.236 e. The molecule has 0 radical (unpaired) electrons. The third-order valence-electron chi connectivity index (χ3n) is 2.92. The fraction of sp³-hybridized carbons (Fsp3) is 0.923. The molecule has 0 aromatic heterocycles. The predicted molar refractivity (Wildman–Crippen MR) is 70.5 cm³/mol. The first-order chi connectivity index (χ1) is 8.63. The van der Waals surface area contributed by atoms with Gasteiger partial charge in [0.15, 0.2) is 0 Å². The van der Waals surface area contributed by atoms with Gasteiger partial charge < -0.3 is 19.7 Å². The van der Waals surface area contributed by atoms with Crippen molar-refractivity contribution in [3.05, 3.63) is 0 Å². The molecule has 0 spiro atoms. The quantitative estimate of drug-likeness (QED) is 0.644. The summed E-state index contributed by atoms with van der Waals surface area (Å²) in [5.74, 6) is 0.701. The second-order valence-corrected chi connectivity index (χ2v) is 5.15. The van der Waals surface area contributed by atoms with Gasteiger partial charge in [-0.15, -0.1) is 0 Å². The molecule has 1 aliphatic rings. The van der Waals surface area contributed by atoms with E-state index in [1.807, 2.05) is 4.90 Å². The zero-order chi connectivity index (χ0) is 13.4. The van der Waals surface area contributed by atoms with Crippen molar-refractivity contribution in [2.45, 2.75) is 26.4 Å². The average molecular weight is 258 g/mol. The van der Waals surface area contributed by atoms with Crippen LogP contribution in [0.1, 0.15) is 20.3 Å². The van der Waals surface area contributed by atoms with E-state index < -0.39 is 0 Å². The van der Waals surface area contributed by atoms with Crippen LogP contribution in [0.2, 0.25) is 0 Å². The number of likely N-dealkylation sites (tertiary alicyclic amines) is 1. The maximum absolute atomic E-state index is 11.9. The van der Waals surface area contributed by atoms with Crippen molar-refractivity contribution in [1.29, 1.82) is 0 Å². The van der Waals surface area contributed by atoms with Gasteiger partial charge in [-0.05, 0) is 12.3 Å². The Morgan fingerprint density at radius 1 is 1.50 bits per heavy atom. The number of ether oxygens (including phenoxy) is 2. The molecule has 1 fully saturated rings. The van der Waals surface area contributed by atoms with Gasteiger partial charge in [0.05, 0.1) is 19.3 Å². The lowest BCUT2D eigenvalue weighted by molar-refractivity contribution is -0.129. The maximum Gasteiger partial charge on any atom is 0.236 e. The van der Waals surface area contributed by atoms with Crippen LogP contribution >= 0.6 is 0 Å². The van der Waals surface area contributed by atoms with E-state index in [1.54, 1.807) is 7.11 Å². The Labute approximate surface area is 110 Å². The molecule has 1 amide bonds. The molecule has 5 heteroatoms. The van der Waals surface area contributed by atoms with Crippen LogP contribution in [-0.2, 0) is 14.3 Å². The molecule has 0 saturated carbocycles. The highest BCUT2D eigenvalue weighted by Crippen LogP contribution is 2.13. The Balaban J connectivity index is 2.14. The van der Waals surface area contributed by atoms with Crippen LogP contribution in [0.4, 0.5) is 0 Å². The molecule has 5 nitrogen and oxygen atoms in total. The molecule has 0 aliphatic carbocycles. The highest BCUT2D eigenvalue weighted by molar-refractivity contribution is 5.78. The monoisotopic (exact) mass is 258 g/mol. The largest absolute Gasteiger partial charge is 0.383 e. The van der Waals surface area contributed by atoms with Crippen molar-refractivity contribution in [3.8, 4) is 0 Å². The number of nitrogens with one attached hydrogen (secondary N) is 1. The van der Waals surface area contributed by atoms with Gasteiger partial charge in [0.1, 0.15) is 0 Å². The van der Waals surface area contributed by atoms with Gasteiger partial charge in [-0.2, -0.15) is 0 Å². The molecular formula is C13H26N2O3. The second kappa shape index (κ2) is 8.45. The number of carbonyl (C=O) groups excluding carboxylic acids is 1. The molecule has 1 heterocycles. The number of methoxy groups -OCH3 is 1. The molecule has 18 heavy (non-hydrogen) atoms. The van der Waals surface area contributed by atoms with E-state index in [0.29, 0.717) is 25.6 Å². The van der Waals surface area contributed by atoms with Crippen LogP contribution in [0.5, 0.6) is 0 Å². The molecule has 1 atom stereocenters. The predicted octanol–water partition coefficient (Wildman–Crippen LogP) is 0.496. The zero-order valence-electron chi connectivity index (χ0n) is 11.8. The molecule has 0 aromatic carbocycles. The lowest BCUT2D eigenvalue weighted by Gasteiger charge is -2.17. The molecule has 1 rings (SSSR count). The molecule has 0 aromatic rings. The van der Waals surface area contributed by atoms with E-state index in [0.717, 1.165) is 26.1 Å². The van der Waals surface area contributed by atoms with Crippen LogP contribution in [0.3, 0.4) is 0 Å². The lowest BCUT2D eigenvalue weighted by atomic mass is 10.2. The fourth-order valence-electron chi connectivity index (χ4n) is 1.90.